The Balaban J connectivity index is 1.73. The third kappa shape index (κ3) is 3.39. The Morgan fingerprint density at radius 2 is 1.67 bits per heavy atom. The van der Waals surface area contributed by atoms with Crippen molar-refractivity contribution >= 4 is 27.3 Å². The molecule has 0 saturated carbocycles. The molecule has 2 aromatic carbocycles. The second-order valence-corrected chi connectivity index (χ2v) is 7.88. The summed E-state index contributed by atoms with van der Waals surface area (Å²) in [6.45, 7) is 2.03. The number of rotatable bonds is 3. The van der Waals surface area contributed by atoms with Crippen molar-refractivity contribution in [3.05, 3.63) is 59.1 Å². The number of benzene rings is 2. The van der Waals surface area contributed by atoms with Crippen molar-refractivity contribution in [1.29, 1.82) is 5.26 Å². The highest BCUT2D eigenvalue weighted by molar-refractivity contribution is 7.89. The Hall–Kier alpha value is -2.07. The SMILES string of the molecule is N#Cc1cccc(S(=O)(=O)N2CCN(c3ccc(Cl)cc3)CC2)c1. The van der Waals surface area contributed by atoms with Gasteiger partial charge in [0.15, 0.2) is 0 Å². The number of halogens is 1. The van der Waals surface area contributed by atoms with Crippen LogP contribution in [0.3, 0.4) is 0 Å². The van der Waals surface area contributed by atoms with Crippen LogP contribution < -0.4 is 4.90 Å². The molecule has 0 aromatic heterocycles. The number of hydrogen-bond donors (Lipinski definition) is 0. The summed E-state index contributed by atoms with van der Waals surface area (Å²) in [6.07, 6.45) is 0. The van der Waals surface area contributed by atoms with Gasteiger partial charge in [-0.2, -0.15) is 9.57 Å². The summed E-state index contributed by atoms with van der Waals surface area (Å²) in [7, 11) is -3.57. The number of piperazine rings is 1. The largest absolute Gasteiger partial charge is 0.369 e. The molecule has 0 aliphatic carbocycles. The first-order valence-electron chi connectivity index (χ1n) is 7.51. The molecule has 0 bridgehead atoms. The van der Waals surface area contributed by atoms with Crippen LogP contribution in [0, 0.1) is 11.3 Å². The van der Waals surface area contributed by atoms with Crippen molar-refractivity contribution in [2.24, 2.45) is 0 Å². The second kappa shape index (κ2) is 6.81. The molecule has 7 heteroatoms. The minimum atomic E-state index is -3.57. The van der Waals surface area contributed by atoms with E-state index in [1.807, 2.05) is 30.3 Å². The molecule has 24 heavy (non-hydrogen) atoms. The Morgan fingerprint density at radius 1 is 1.00 bits per heavy atom. The van der Waals surface area contributed by atoms with Crippen molar-refractivity contribution in [2.75, 3.05) is 31.1 Å². The van der Waals surface area contributed by atoms with Gasteiger partial charge in [0.2, 0.25) is 10.0 Å². The zero-order valence-corrected chi connectivity index (χ0v) is 14.5. The van der Waals surface area contributed by atoms with Gasteiger partial charge in [0.1, 0.15) is 0 Å². The fourth-order valence-electron chi connectivity index (χ4n) is 2.71. The highest BCUT2D eigenvalue weighted by Gasteiger charge is 2.28. The smallest absolute Gasteiger partial charge is 0.243 e. The maximum Gasteiger partial charge on any atom is 0.243 e. The molecule has 1 aliphatic heterocycles. The molecule has 124 valence electrons. The van der Waals surface area contributed by atoms with Crippen LogP contribution in [-0.4, -0.2) is 38.9 Å². The Bertz CT molecular complexity index is 867. The van der Waals surface area contributed by atoms with Crippen LogP contribution in [0.4, 0.5) is 5.69 Å². The molecule has 0 unspecified atom stereocenters. The molecule has 3 rings (SSSR count). The van der Waals surface area contributed by atoms with E-state index in [1.165, 1.54) is 16.4 Å². The normalized spacial score (nSPS) is 15.9. The van der Waals surface area contributed by atoms with Gasteiger partial charge in [0.25, 0.3) is 0 Å². The van der Waals surface area contributed by atoms with Gasteiger partial charge in [-0.3, -0.25) is 0 Å². The number of anilines is 1. The standard InChI is InChI=1S/C17H16ClN3O2S/c18-15-4-6-16(7-5-15)20-8-10-21(11-9-20)24(22,23)17-3-1-2-14(12-17)13-19/h1-7,12H,8-11H2. The summed E-state index contributed by atoms with van der Waals surface area (Å²) in [5.41, 5.74) is 1.37. The molecule has 2 aromatic rings. The van der Waals surface area contributed by atoms with E-state index in [4.69, 9.17) is 16.9 Å². The number of nitrogens with zero attached hydrogens (tertiary/aromatic N) is 3. The molecule has 5 nitrogen and oxygen atoms in total. The maximum absolute atomic E-state index is 12.7. The lowest BCUT2D eigenvalue weighted by Crippen LogP contribution is -2.48. The van der Waals surface area contributed by atoms with Crippen molar-refractivity contribution < 1.29 is 8.42 Å². The summed E-state index contributed by atoms with van der Waals surface area (Å²) in [6, 6.07) is 15.6. The summed E-state index contributed by atoms with van der Waals surface area (Å²) in [5, 5.41) is 9.62. The lowest BCUT2D eigenvalue weighted by Gasteiger charge is -2.35. The van der Waals surface area contributed by atoms with Crippen LogP contribution in [0.5, 0.6) is 0 Å². The summed E-state index contributed by atoms with van der Waals surface area (Å²) in [4.78, 5) is 2.30. The molecule has 0 atom stereocenters. The lowest BCUT2D eigenvalue weighted by atomic mass is 10.2. The van der Waals surface area contributed by atoms with Crippen molar-refractivity contribution in [1.82, 2.24) is 4.31 Å². The molecular weight excluding hydrogens is 346 g/mol. The lowest BCUT2D eigenvalue weighted by molar-refractivity contribution is 0.385. The first-order valence-corrected chi connectivity index (χ1v) is 9.33. The molecule has 1 aliphatic rings. The van der Waals surface area contributed by atoms with Crippen molar-refractivity contribution in [2.45, 2.75) is 4.90 Å². The van der Waals surface area contributed by atoms with Gasteiger partial charge >= 0.3 is 0 Å². The number of sulfonamides is 1. The van der Waals surface area contributed by atoms with Crippen LogP contribution in [0.2, 0.25) is 5.02 Å². The van der Waals surface area contributed by atoms with Gasteiger partial charge in [-0.05, 0) is 42.5 Å². The zero-order valence-electron chi connectivity index (χ0n) is 12.9. The van der Waals surface area contributed by atoms with Crippen LogP contribution in [-0.2, 0) is 10.0 Å². The minimum Gasteiger partial charge on any atom is -0.369 e. The van der Waals surface area contributed by atoms with Crippen LogP contribution in [0.25, 0.3) is 0 Å². The topological polar surface area (TPSA) is 64.4 Å². The molecule has 0 radical (unpaired) electrons. The van der Waals surface area contributed by atoms with Gasteiger partial charge in [-0.25, -0.2) is 8.42 Å². The van der Waals surface area contributed by atoms with E-state index in [0.717, 1.165) is 5.69 Å². The Kier molecular flexibility index (Phi) is 4.76. The second-order valence-electron chi connectivity index (χ2n) is 5.51. The monoisotopic (exact) mass is 361 g/mol. The first-order chi connectivity index (χ1) is 11.5. The summed E-state index contributed by atoms with van der Waals surface area (Å²) >= 11 is 5.90. The van der Waals surface area contributed by atoms with E-state index in [1.54, 1.807) is 12.1 Å². The predicted octanol–water partition coefficient (Wildman–Crippen LogP) is 2.72. The minimum absolute atomic E-state index is 0.168. The van der Waals surface area contributed by atoms with Crippen LogP contribution >= 0.6 is 11.6 Å². The van der Waals surface area contributed by atoms with E-state index in [0.29, 0.717) is 36.8 Å². The first kappa shape index (κ1) is 16.8. The van der Waals surface area contributed by atoms with Gasteiger partial charge < -0.3 is 4.90 Å². The molecule has 0 amide bonds. The highest BCUT2D eigenvalue weighted by atomic mass is 35.5. The molecule has 1 fully saturated rings. The fraction of sp³-hybridized carbons (Fsp3) is 0.235. The van der Waals surface area contributed by atoms with Gasteiger partial charge in [-0.15, -0.1) is 0 Å². The third-order valence-corrected chi connectivity index (χ3v) is 6.18. The molecule has 0 spiro atoms. The highest BCUT2D eigenvalue weighted by Crippen LogP contribution is 2.23. The fourth-order valence-corrected chi connectivity index (χ4v) is 4.31. The number of nitriles is 1. The zero-order chi connectivity index (χ0) is 17.2. The molecule has 1 heterocycles. The van der Waals surface area contributed by atoms with Crippen molar-refractivity contribution in [3.8, 4) is 6.07 Å². The molecule has 0 N–H and O–H groups in total. The number of hydrogen-bond acceptors (Lipinski definition) is 4. The average Bonchev–Trinajstić information content (AvgIpc) is 2.62. The van der Waals surface area contributed by atoms with Gasteiger partial charge in [-0.1, -0.05) is 17.7 Å². The van der Waals surface area contributed by atoms with Crippen molar-refractivity contribution in [3.63, 3.8) is 0 Å². The van der Waals surface area contributed by atoms with Gasteiger partial charge in [0, 0.05) is 36.9 Å². The van der Waals surface area contributed by atoms with E-state index in [-0.39, 0.29) is 4.90 Å². The third-order valence-electron chi connectivity index (χ3n) is 4.03. The maximum atomic E-state index is 12.7. The van der Waals surface area contributed by atoms with Crippen LogP contribution in [0.15, 0.2) is 53.4 Å². The summed E-state index contributed by atoms with van der Waals surface area (Å²) in [5.74, 6) is 0. The van der Waals surface area contributed by atoms with Gasteiger partial charge in [0.05, 0.1) is 16.5 Å². The molecule has 1 saturated heterocycles. The average molecular weight is 362 g/mol. The predicted molar refractivity (Wildman–Crippen MR) is 93.6 cm³/mol. The van der Waals surface area contributed by atoms with E-state index < -0.39 is 10.0 Å². The Labute approximate surface area is 146 Å². The van der Waals surface area contributed by atoms with E-state index in [9.17, 15) is 8.42 Å². The quantitative estimate of drug-likeness (QED) is 0.843. The Morgan fingerprint density at radius 3 is 2.29 bits per heavy atom. The molecular formula is C17H16ClN3O2S. The van der Waals surface area contributed by atoms with E-state index >= 15 is 0 Å². The summed E-state index contributed by atoms with van der Waals surface area (Å²) < 4.78 is 26.9. The van der Waals surface area contributed by atoms with E-state index in [2.05, 4.69) is 4.90 Å². The van der Waals surface area contributed by atoms with Crippen LogP contribution in [0.1, 0.15) is 5.56 Å².